The highest BCUT2D eigenvalue weighted by Crippen LogP contribution is 2.25. The summed E-state index contributed by atoms with van der Waals surface area (Å²) in [5.74, 6) is -0.462. The predicted molar refractivity (Wildman–Crippen MR) is 102 cm³/mol. The van der Waals surface area contributed by atoms with Crippen molar-refractivity contribution in [1.29, 1.82) is 0 Å². The molecule has 146 valence electrons. The largest absolute Gasteiger partial charge is 0.378 e. The van der Waals surface area contributed by atoms with Crippen LogP contribution in [-0.2, 0) is 4.74 Å². The average Bonchev–Trinajstić information content (AvgIpc) is 3.26. The first kappa shape index (κ1) is 17.4. The summed E-state index contributed by atoms with van der Waals surface area (Å²) in [5.41, 5.74) is 2.24. The number of anilines is 2. The number of amides is 1. The molecule has 0 saturated carbocycles. The number of benzene rings is 2. The summed E-state index contributed by atoms with van der Waals surface area (Å²) in [6, 6.07) is 11.7. The Kier molecular flexibility index (Phi) is 4.24. The molecular formula is C19H16FN7O2. The molecule has 2 aromatic carbocycles. The summed E-state index contributed by atoms with van der Waals surface area (Å²) in [6.07, 6.45) is 0. The van der Waals surface area contributed by atoms with Gasteiger partial charge in [0.2, 0.25) is 5.65 Å². The molecule has 9 nitrogen and oxygen atoms in total. The molecule has 1 aliphatic rings. The van der Waals surface area contributed by atoms with Gasteiger partial charge in [-0.15, -0.1) is 5.10 Å². The maximum Gasteiger partial charge on any atom is 0.254 e. The van der Waals surface area contributed by atoms with E-state index in [1.165, 1.54) is 12.1 Å². The quantitative estimate of drug-likeness (QED) is 0.569. The molecule has 4 aromatic rings. The number of nitrogens with zero attached hydrogens (tertiary/aromatic N) is 6. The van der Waals surface area contributed by atoms with Crippen LogP contribution < -0.4 is 5.32 Å². The van der Waals surface area contributed by atoms with Gasteiger partial charge < -0.3 is 15.0 Å². The molecule has 0 atom stereocenters. The zero-order valence-electron chi connectivity index (χ0n) is 15.2. The molecule has 1 amide bonds. The zero-order valence-corrected chi connectivity index (χ0v) is 15.2. The highest BCUT2D eigenvalue weighted by Gasteiger charge is 2.20. The Morgan fingerprint density at radius 1 is 1.14 bits per heavy atom. The third-order valence-electron chi connectivity index (χ3n) is 4.79. The Morgan fingerprint density at radius 2 is 1.97 bits per heavy atom. The molecule has 10 heteroatoms. The molecule has 5 rings (SSSR count). The smallest absolute Gasteiger partial charge is 0.254 e. The van der Waals surface area contributed by atoms with Gasteiger partial charge in [0, 0.05) is 18.7 Å². The van der Waals surface area contributed by atoms with Crippen molar-refractivity contribution in [2.24, 2.45) is 0 Å². The molecule has 1 N–H and O–H groups in total. The number of hydrogen-bond donors (Lipinski definition) is 1. The lowest BCUT2D eigenvalue weighted by Gasteiger charge is -2.27. The van der Waals surface area contributed by atoms with E-state index in [1.807, 2.05) is 24.3 Å². The van der Waals surface area contributed by atoms with Gasteiger partial charge in [0.15, 0.2) is 5.82 Å². The van der Waals surface area contributed by atoms with Gasteiger partial charge in [0.05, 0.1) is 29.9 Å². The number of tetrazole rings is 1. The van der Waals surface area contributed by atoms with Gasteiger partial charge in [-0.05, 0) is 40.8 Å². The predicted octanol–water partition coefficient (Wildman–Crippen LogP) is 2.03. The van der Waals surface area contributed by atoms with Crippen molar-refractivity contribution in [3.05, 3.63) is 53.8 Å². The Labute approximate surface area is 164 Å². The van der Waals surface area contributed by atoms with Crippen molar-refractivity contribution in [2.75, 3.05) is 31.6 Å². The molecule has 0 bridgehead atoms. The minimum Gasteiger partial charge on any atom is -0.378 e. The molecule has 0 spiro atoms. The summed E-state index contributed by atoms with van der Waals surface area (Å²) < 4.78 is 21.6. The van der Waals surface area contributed by atoms with Crippen LogP contribution in [0.25, 0.3) is 16.7 Å². The molecular weight excluding hydrogens is 377 g/mol. The second-order valence-corrected chi connectivity index (χ2v) is 6.59. The van der Waals surface area contributed by atoms with Gasteiger partial charge in [-0.25, -0.2) is 9.37 Å². The fourth-order valence-corrected chi connectivity index (χ4v) is 3.32. The topological polar surface area (TPSA) is 97.5 Å². The Morgan fingerprint density at radius 3 is 2.79 bits per heavy atom. The number of rotatable bonds is 3. The van der Waals surface area contributed by atoms with Gasteiger partial charge in [-0.2, -0.15) is 4.52 Å². The van der Waals surface area contributed by atoms with Gasteiger partial charge in [-0.1, -0.05) is 12.1 Å². The van der Waals surface area contributed by atoms with E-state index in [9.17, 15) is 9.18 Å². The van der Waals surface area contributed by atoms with Crippen LogP contribution in [0.5, 0.6) is 0 Å². The van der Waals surface area contributed by atoms with E-state index in [4.69, 9.17) is 4.74 Å². The summed E-state index contributed by atoms with van der Waals surface area (Å²) in [4.78, 5) is 18.7. The van der Waals surface area contributed by atoms with Crippen molar-refractivity contribution in [3.8, 4) is 0 Å². The van der Waals surface area contributed by atoms with Gasteiger partial charge in [0.1, 0.15) is 5.82 Å². The molecule has 1 saturated heterocycles. The van der Waals surface area contributed by atoms with E-state index in [0.717, 1.165) is 5.52 Å². The molecule has 0 unspecified atom stereocenters. The highest BCUT2D eigenvalue weighted by molar-refractivity contribution is 5.95. The first-order valence-corrected chi connectivity index (χ1v) is 9.11. The summed E-state index contributed by atoms with van der Waals surface area (Å²) in [7, 11) is 0. The monoisotopic (exact) mass is 393 g/mol. The number of ether oxygens (including phenoxy) is 1. The van der Waals surface area contributed by atoms with Crippen LogP contribution in [0.15, 0.2) is 42.5 Å². The Hall–Kier alpha value is -3.66. The summed E-state index contributed by atoms with van der Waals surface area (Å²) >= 11 is 0. The second kappa shape index (κ2) is 7.06. The number of hydrogen-bond acceptors (Lipinski definition) is 7. The normalized spacial score (nSPS) is 14.4. The van der Waals surface area contributed by atoms with Gasteiger partial charge in [-0.3, -0.25) is 4.79 Å². The van der Waals surface area contributed by atoms with Crippen LogP contribution in [0.3, 0.4) is 0 Å². The first-order valence-electron chi connectivity index (χ1n) is 9.11. The SMILES string of the molecule is O=C(c1ccc(Nc2nc3ccccc3n3nnnc23)c(F)c1)N1CCOCC1. The Balaban J connectivity index is 1.47. The molecule has 3 heterocycles. The fraction of sp³-hybridized carbons (Fsp3) is 0.211. The zero-order chi connectivity index (χ0) is 19.8. The molecule has 29 heavy (non-hydrogen) atoms. The summed E-state index contributed by atoms with van der Waals surface area (Å²) in [6.45, 7) is 1.98. The number of morpholine rings is 1. The maximum atomic E-state index is 14.8. The van der Waals surface area contributed by atoms with E-state index in [-0.39, 0.29) is 17.2 Å². The minimum atomic E-state index is -0.565. The maximum absolute atomic E-state index is 14.8. The lowest BCUT2D eigenvalue weighted by molar-refractivity contribution is 0.0302. The van der Waals surface area contributed by atoms with Gasteiger partial charge >= 0.3 is 0 Å². The minimum absolute atomic E-state index is 0.177. The third-order valence-corrected chi connectivity index (χ3v) is 4.79. The number of aromatic nitrogens is 5. The van der Waals surface area contributed by atoms with Crippen LogP contribution in [-0.4, -0.2) is 62.1 Å². The van der Waals surface area contributed by atoms with E-state index >= 15 is 0 Å². The van der Waals surface area contributed by atoms with Crippen LogP contribution in [0.2, 0.25) is 0 Å². The summed E-state index contributed by atoms with van der Waals surface area (Å²) in [5, 5.41) is 14.6. The van der Waals surface area contributed by atoms with E-state index in [0.29, 0.717) is 43.3 Å². The number of para-hydroxylation sites is 2. The Bertz CT molecular complexity index is 1220. The molecule has 1 fully saturated rings. The van der Waals surface area contributed by atoms with Crippen molar-refractivity contribution < 1.29 is 13.9 Å². The number of nitrogens with one attached hydrogen (secondary N) is 1. The van der Waals surface area contributed by atoms with Crippen molar-refractivity contribution in [3.63, 3.8) is 0 Å². The molecule has 0 aliphatic carbocycles. The van der Waals surface area contributed by atoms with Crippen LogP contribution in [0.1, 0.15) is 10.4 Å². The van der Waals surface area contributed by atoms with Crippen LogP contribution in [0, 0.1) is 5.82 Å². The first-order chi connectivity index (χ1) is 14.2. The highest BCUT2D eigenvalue weighted by atomic mass is 19.1. The molecule has 1 aliphatic heterocycles. The van der Waals surface area contributed by atoms with E-state index < -0.39 is 5.82 Å². The number of carbonyl (C=O) groups excluding carboxylic acids is 1. The van der Waals surface area contributed by atoms with Crippen LogP contribution >= 0.6 is 0 Å². The lowest BCUT2D eigenvalue weighted by Crippen LogP contribution is -2.40. The number of halogens is 1. The molecule has 2 aromatic heterocycles. The molecule has 0 radical (unpaired) electrons. The van der Waals surface area contributed by atoms with E-state index in [1.54, 1.807) is 15.5 Å². The number of carbonyl (C=O) groups is 1. The standard InChI is InChI=1S/C19H16FN7O2/c20-13-11-12(19(28)26-7-9-29-10-8-26)5-6-14(13)21-17-18-23-24-25-27(18)16-4-2-1-3-15(16)22-17/h1-6,11H,7-10H2,(H,21,22). The fourth-order valence-electron chi connectivity index (χ4n) is 3.32. The average molecular weight is 393 g/mol. The lowest BCUT2D eigenvalue weighted by atomic mass is 10.1. The van der Waals surface area contributed by atoms with Crippen LogP contribution in [0.4, 0.5) is 15.9 Å². The van der Waals surface area contributed by atoms with Gasteiger partial charge in [0.25, 0.3) is 5.91 Å². The second-order valence-electron chi connectivity index (χ2n) is 6.59. The van der Waals surface area contributed by atoms with Crippen molar-refractivity contribution in [1.82, 2.24) is 29.9 Å². The van der Waals surface area contributed by atoms with Crippen molar-refractivity contribution in [2.45, 2.75) is 0 Å². The third kappa shape index (κ3) is 3.13. The van der Waals surface area contributed by atoms with E-state index in [2.05, 4.69) is 25.8 Å². The number of fused-ring (bicyclic) bond motifs is 3. The van der Waals surface area contributed by atoms with Crippen molar-refractivity contribution >= 4 is 34.1 Å².